The second kappa shape index (κ2) is 4.08. The summed E-state index contributed by atoms with van der Waals surface area (Å²) in [5, 5.41) is 8.03. The molecule has 0 unspecified atom stereocenters. The van der Waals surface area contributed by atoms with Crippen LogP contribution in [0, 0.1) is 5.82 Å². The van der Waals surface area contributed by atoms with E-state index in [4.69, 9.17) is 5.11 Å². The molecule has 0 aliphatic heterocycles. The number of hydrogen-bond acceptors (Lipinski definition) is 2. The molecule has 0 aliphatic rings. The monoisotopic (exact) mass is 275 g/mol. The number of H-pyrrole nitrogens is 1. The molecule has 0 saturated heterocycles. The summed E-state index contributed by atoms with van der Waals surface area (Å²) >= 11 is 0. The Labute approximate surface area is 102 Å². The average molecular weight is 275 g/mol. The fraction of sp³-hybridized carbons (Fsp3) is 0.0909. The van der Waals surface area contributed by atoms with Gasteiger partial charge in [-0.3, -0.25) is 4.79 Å². The Morgan fingerprint density at radius 1 is 1.26 bits per heavy atom. The molecule has 100 valence electrons. The van der Waals surface area contributed by atoms with Crippen LogP contribution >= 0.6 is 0 Å². The van der Waals surface area contributed by atoms with Crippen molar-refractivity contribution in [1.82, 2.24) is 4.98 Å². The van der Waals surface area contributed by atoms with Crippen LogP contribution in [0.2, 0.25) is 0 Å². The molecule has 0 amide bonds. The van der Waals surface area contributed by atoms with Gasteiger partial charge in [0.25, 0.3) is 0 Å². The number of carboxylic acid groups (broad SMARTS) is 1. The Hall–Kier alpha value is -2.38. The maximum absolute atomic E-state index is 13.1. The van der Waals surface area contributed by atoms with E-state index in [1.165, 1.54) is 0 Å². The van der Waals surface area contributed by atoms with Crippen LogP contribution in [0.25, 0.3) is 10.9 Å². The summed E-state index contributed by atoms with van der Waals surface area (Å²) in [5.41, 5.74) is -3.95. The van der Waals surface area contributed by atoms with Gasteiger partial charge in [-0.25, -0.2) is 9.18 Å². The molecule has 0 aliphatic carbocycles. The minimum absolute atomic E-state index is 0.235. The van der Waals surface area contributed by atoms with Gasteiger partial charge in [0.2, 0.25) is 5.43 Å². The smallest absolute Gasteiger partial charge is 0.418 e. The maximum Gasteiger partial charge on any atom is 0.418 e. The first-order valence-corrected chi connectivity index (χ1v) is 4.87. The van der Waals surface area contributed by atoms with Crippen LogP contribution in [0.15, 0.2) is 23.1 Å². The highest BCUT2D eigenvalue weighted by molar-refractivity contribution is 5.93. The summed E-state index contributed by atoms with van der Waals surface area (Å²) in [6.45, 7) is 0. The summed E-state index contributed by atoms with van der Waals surface area (Å²) in [4.78, 5) is 24.4. The van der Waals surface area contributed by atoms with E-state index in [1.807, 2.05) is 0 Å². The zero-order valence-corrected chi connectivity index (χ0v) is 9.01. The Morgan fingerprint density at radius 2 is 1.89 bits per heavy atom. The van der Waals surface area contributed by atoms with E-state index in [1.54, 1.807) is 0 Å². The van der Waals surface area contributed by atoms with Crippen LogP contribution < -0.4 is 5.43 Å². The van der Waals surface area contributed by atoms with Gasteiger partial charge in [-0.1, -0.05) is 0 Å². The molecule has 2 aromatic rings. The Morgan fingerprint density at radius 3 is 2.42 bits per heavy atom. The number of aromatic nitrogens is 1. The SMILES string of the molecule is O=C(O)c1c[nH]c2c(C(F)(F)F)cc(F)cc2c1=O. The maximum atomic E-state index is 13.1. The topological polar surface area (TPSA) is 70.2 Å². The van der Waals surface area contributed by atoms with Gasteiger partial charge >= 0.3 is 12.1 Å². The number of nitrogens with one attached hydrogen (secondary N) is 1. The molecular formula is C11H5F4NO3. The first-order chi connectivity index (χ1) is 8.71. The summed E-state index contributed by atoms with van der Waals surface area (Å²) in [7, 11) is 0. The summed E-state index contributed by atoms with van der Waals surface area (Å²) in [6.07, 6.45) is -4.21. The number of aromatic amines is 1. The number of hydrogen-bond donors (Lipinski definition) is 2. The van der Waals surface area contributed by atoms with Crippen molar-refractivity contribution in [3.05, 3.63) is 45.5 Å². The molecule has 0 bridgehead atoms. The van der Waals surface area contributed by atoms with Gasteiger partial charge in [-0.15, -0.1) is 0 Å². The van der Waals surface area contributed by atoms with Gasteiger partial charge in [0.1, 0.15) is 11.4 Å². The lowest BCUT2D eigenvalue weighted by molar-refractivity contribution is -0.136. The molecule has 1 heterocycles. The molecule has 2 N–H and O–H groups in total. The number of benzene rings is 1. The van der Waals surface area contributed by atoms with Gasteiger partial charge < -0.3 is 10.1 Å². The van der Waals surface area contributed by atoms with E-state index in [0.717, 1.165) is 0 Å². The highest BCUT2D eigenvalue weighted by atomic mass is 19.4. The first-order valence-electron chi connectivity index (χ1n) is 4.87. The van der Waals surface area contributed by atoms with E-state index in [2.05, 4.69) is 4.98 Å². The third-order valence-electron chi connectivity index (χ3n) is 2.49. The Bertz CT molecular complexity index is 733. The van der Waals surface area contributed by atoms with Crippen molar-refractivity contribution in [3.8, 4) is 0 Å². The number of halogens is 4. The molecule has 1 aromatic carbocycles. The molecule has 0 saturated carbocycles. The summed E-state index contributed by atoms with van der Waals surface area (Å²) in [5.74, 6) is -2.88. The first kappa shape index (κ1) is 13.1. The number of rotatable bonds is 1. The lowest BCUT2D eigenvalue weighted by atomic mass is 10.1. The highest BCUT2D eigenvalue weighted by Gasteiger charge is 2.34. The van der Waals surface area contributed by atoms with Crippen LogP contribution in [0.5, 0.6) is 0 Å². The van der Waals surface area contributed by atoms with Gasteiger partial charge in [0.15, 0.2) is 0 Å². The highest BCUT2D eigenvalue weighted by Crippen LogP contribution is 2.33. The molecular weight excluding hydrogens is 270 g/mol. The molecule has 4 nitrogen and oxygen atoms in total. The van der Waals surface area contributed by atoms with Crippen molar-refractivity contribution >= 4 is 16.9 Å². The van der Waals surface area contributed by atoms with Crippen LogP contribution in [0.1, 0.15) is 15.9 Å². The van der Waals surface area contributed by atoms with Gasteiger partial charge in [0.05, 0.1) is 11.1 Å². The van der Waals surface area contributed by atoms with E-state index in [0.29, 0.717) is 12.3 Å². The van der Waals surface area contributed by atoms with Crippen LogP contribution in [0.4, 0.5) is 17.6 Å². The molecule has 1 aromatic heterocycles. The normalized spacial score (nSPS) is 11.8. The van der Waals surface area contributed by atoms with Crippen LogP contribution in [-0.4, -0.2) is 16.1 Å². The Balaban J connectivity index is 2.94. The molecule has 0 radical (unpaired) electrons. The minimum Gasteiger partial charge on any atom is -0.477 e. The molecule has 19 heavy (non-hydrogen) atoms. The van der Waals surface area contributed by atoms with Crippen molar-refractivity contribution in [2.75, 3.05) is 0 Å². The van der Waals surface area contributed by atoms with Crippen molar-refractivity contribution in [2.24, 2.45) is 0 Å². The summed E-state index contributed by atoms with van der Waals surface area (Å²) in [6, 6.07) is 0.800. The van der Waals surface area contributed by atoms with E-state index < -0.39 is 45.4 Å². The number of fused-ring (bicyclic) bond motifs is 1. The number of pyridine rings is 1. The number of carboxylic acids is 1. The van der Waals surface area contributed by atoms with Crippen LogP contribution in [-0.2, 0) is 6.18 Å². The minimum atomic E-state index is -4.87. The fourth-order valence-electron chi connectivity index (χ4n) is 1.68. The van der Waals surface area contributed by atoms with Gasteiger partial charge in [0, 0.05) is 11.6 Å². The number of alkyl halides is 3. The number of aromatic carboxylic acids is 1. The zero-order valence-electron chi connectivity index (χ0n) is 9.01. The van der Waals surface area contributed by atoms with Gasteiger partial charge in [-0.05, 0) is 12.1 Å². The third kappa shape index (κ3) is 2.16. The second-order valence-corrected chi connectivity index (χ2v) is 3.71. The molecule has 2 rings (SSSR count). The quantitative estimate of drug-likeness (QED) is 0.785. The predicted octanol–water partition coefficient (Wildman–Crippen LogP) is 2.38. The average Bonchev–Trinajstić information content (AvgIpc) is 2.27. The van der Waals surface area contributed by atoms with E-state index in [9.17, 15) is 27.2 Å². The van der Waals surface area contributed by atoms with E-state index in [-0.39, 0.29) is 6.07 Å². The molecule has 0 atom stereocenters. The predicted molar refractivity (Wildman–Crippen MR) is 56.5 cm³/mol. The Kier molecular flexibility index (Phi) is 2.80. The van der Waals surface area contributed by atoms with Crippen molar-refractivity contribution in [1.29, 1.82) is 0 Å². The summed E-state index contributed by atoms with van der Waals surface area (Å²) < 4.78 is 51.2. The molecule has 0 spiro atoms. The number of carbonyl (C=O) groups is 1. The lowest BCUT2D eigenvalue weighted by Gasteiger charge is -2.10. The van der Waals surface area contributed by atoms with Crippen molar-refractivity contribution in [2.45, 2.75) is 6.18 Å². The van der Waals surface area contributed by atoms with Crippen molar-refractivity contribution in [3.63, 3.8) is 0 Å². The standard InChI is InChI=1S/C11H5F4NO3/c12-4-1-5-8(7(2-4)11(13,14)15)16-3-6(9(5)17)10(18)19/h1-3H,(H,16,17)(H,18,19). The van der Waals surface area contributed by atoms with E-state index >= 15 is 0 Å². The lowest BCUT2D eigenvalue weighted by Crippen LogP contribution is -2.17. The van der Waals surface area contributed by atoms with Crippen LogP contribution in [0.3, 0.4) is 0 Å². The van der Waals surface area contributed by atoms with Crippen molar-refractivity contribution < 1.29 is 27.5 Å². The largest absolute Gasteiger partial charge is 0.477 e. The fourth-order valence-corrected chi connectivity index (χ4v) is 1.68. The third-order valence-corrected chi connectivity index (χ3v) is 2.49. The molecule has 0 fully saturated rings. The zero-order chi connectivity index (χ0) is 14.4. The second-order valence-electron chi connectivity index (χ2n) is 3.71. The molecule has 8 heteroatoms. The van der Waals surface area contributed by atoms with Gasteiger partial charge in [-0.2, -0.15) is 13.2 Å².